The van der Waals surface area contributed by atoms with E-state index in [1.54, 1.807) is 17.5 Å². The minimum atomic E-state index is 0.746. The summed E-state index contributed by atoms with van der Waals surface area (Å²) in [5.41, 5.74) is 1.08. The van der Waals surface area contributed by atoms with E-state index >= 15 is 0 Å². The summed E-state index contributed by atoms with van der Waals surface area (Å²) >= 11 is 1.67. The number of thiazole rings is 1. The number of imidazole rings is 1. The predicted octanol–water partition coefficient (Wildman–Crippen LogP) is 2.28. The molecule has 0 atom stereocenters. The molecule has 0 unspecified atom stereocenters. The van der Waals surface area contributed by atoms with Crippen LogP contribution in [0.5, 0.6) is 0 Å². The van der Waals surface area contributed by atoms with Gasteiger partial charge >= 0.3 is 0 Å². The highest BCUT2D eigenvalue weighted by Gasteiger charge is 2.02. The minimum Gasteiger partial charge on any atom is -0.349 e. The Hall–Kier alpha value is -1.36. The maximum atomic E-state index is 4.38. The van der Waals surface area contributed by atoms with Crippen LogP contribution in [0.2, 0.25) is 0 Å². The van der Waals surface area contributed by atoms with Gasteiger partial charge in [-0.05, 0) is 13.8 Å². The van der Waals surface area contributed by atoms with E-state index in [-0.39, 0.29) is 0 Å². The van der Waals surface area contributed by atoms with E-state index in [1.165, 1.54) is 0 Å². The highest BCUT2D eigenvalue weighted by molar-refractivity contribution is 7.09. The Bertz CT molecular complexity index is 432. The average Bonchev–Trinajstić information content (AvgIpc) is 2.83. The molecule has 2 heterocycles. The van der Waals surface area contributed by atoms with Crippen molar-refractivity contribution >= 4 is 17.3 Å². The van der Waals surface area contributed by atoms with E-state index in [4.69, 9.17) is 0 Å². The van der Waals surface area contributed by atoms with E-state index in [2.05, 4.69) is 32.2 Å². The molecule has 4 nitrogen and oxygen atoms in total. The van der Waals surface area contributed by atoms with Crippen LogP contribution in [-0.2, 0) is 13.1 Å². The number of nitrogens with one attached hydrogen (secondary N) is 1. The normalized spacial score (nSPS) is 10.5. The molecule has 0 saturated heterocycles. The Morgan fingerprint density at radius 3 is 3.07 bits per heavy atom. The van der Waals surface area contributed by atoms with Crippen molar-refractivity contribution in [2.45, 2.75) is 26.9 Å². The van der Waals surface area contributed by atoms with Crippen molar-refractivity contribution in [3.63, 3.8) is 0 Å². The number of anilines is 1. The molecule has 0 amide bonds. The van der Waals surface area contributed by atoms with E-state index in [1.807, 2.05) is 13.1 Å². The molecule has 15 heavy (non-hydrogen) atoms. The van der Waals surface area contributed by atoms with Crippen molar-refractivity contribution in [2.75, 3.05) is 5.32 Å². The molecule has 0 radical (unpaired) electrons. The van der Waals surface area contributed by atoms with Gasteiger partial charge < -0.3 is 9.88 Å². The number of hydrogen-bond donors (Lipinski definition) is 1. The molecular formula is C10H14N4S. The Labute approximate surface area is 93.0 Å². The third kappa shape index (κ3) is 2.36. The molecule has 0 saturated carbocycles. The van der Waals surface area contributed by atoms with Crippen LogP contribution < -0.4 is 5.32 Å². The van der Waals surface area contributed by atoms with Gasteiger partial charge in [-0.2, -0.15) is 0 Å². The van der Waals surface area contributed by atoms with Gasteiger partial charge in [-0.3, -0.25) is 0 Å². The first-order chi connectivity index (χ1) is 7.29. The number of hydrogen-bond acceptors (Lipinski definition) is 4. The Morgan fingerprint density at radius 2 is 2.40 bits per heavy atom. The lowest BCUT2D eigenvalue weighted by Gasteiger charge is -2.05. The average molecular weight is 222 g/mol. The molecule has 0 spiro atoms. The highest BCUT2D eigenvalue weighted by atomic mass is 32.1. The lowest BCUT2D eigenvalue weighted by Crippen LogP contribution is -2.06. The molecule has 0 aliphatic carbocycles. The number of aromatic nitrogens is 3. The van der Waals surface area contributed by atoms with Crippen LogP contribution in [0.3, 0.4) is 0 Å². The van der Waals surface area contributed by atoms with Crippen LogP contribution >= 0.6 is 11.3 Å². The summed E-state index contributed by atoms with van der Waals surface area (Å²) in [7, 11) is 0. The summed E-state index contributed by atoms with van der Waals surface area (Å²) in [6.07, 6.45) is 3.77. The van der Waals surface area contributed by atoms with Crippen molar-refractivity contribution in [1.29, 1.82) is 0 Å². The Kier molecular flexibility index (Phi) is 3.01. The smallest absolute Gasteiger partial charge is 0.203 e. The van der Waals surface area contributed by atoms with Crippen LogP contribution in [0.15, 0.2) is 17.8 Å². The van der Waals surface area contributed by atoms with E-state index in [9.17, 15) is 0 Å². The summed E-state index contributed by atoms with van der Waals surface area (Å²) < 4.78 is 2.07. The van der Waals surface area contributed by atoms with Crippen molar-refractivity contribution in [3.8, 4) is 0 Å². The second-order valence-electron chi connectivity index (χ2n) is 3.27. The predicted molar refractivity (Wildman–Crippen MR) is 62.1 cm³/mol. The number of aryl methyl sites for hydroxylation is 2. The molecule has 0 aromatic carbocycles. The summed E-state index contributed by atoms with van der Waals surface area (Å²) in [6.45, 7) is 5.78. The summed E-state index contributed by atoms with van der Waals surface area (Å²) in [4.78, 5) is 8.62. The van der Waals surface area contributed by atoms with Crippen molar-refractivity contribution < 1.29 is 0 Å². The Morgan fingerprint density at radius 1 is 1.53 bits per heavy atom. The van der Waals surface area contributed by atoms with Crippen LogP contribution in [0.25, 0.3) is 0 Å². The van der Waals surface area contributed by atoms with Crippen molar-refractivity contribution in [2.24, 2.45) is 0 Å². The van der Waals surface area contributed by atoms with Gasteiger partial charge in [-0.15, -0.1) is 11.3 Å². The maximum absolute atomic E-state index is 4.38. The fourth-order valence-corrected chi connectivity index (χ4v) is 2.08. The van der Waals surface area contributed by atoms with E-state index in [0.29, 0.717) is 0 Å². The van der Waals surface area contributed by atoms with Crippen molar-refractivity contribution in [3.05, 3.63) is 28.5 Å². The van der Waals surface area contributed by atoms with Gasteiger partial charge in [-0.1, -0.05) is 0 Å². The SMILES string of the molecule is CCn1ccnc1NCc1nc(C)cs1. The topological polar surface area (TPSA) is 42.7 Å². The fraction of sp³-hybridized carbons (Fsp3) is 0.400. The molecule has 5 heteroatoms. The standard InChI is InChI=1S/C10H14N4S/c1-3-14-5-4-11-10(14)12-6-9-13-8(2)7-15-9/h4-5,7H,3,6H2,1-2H3,(H,11,12). The molecule has 0 aliphatic rings. The summed E-state index contributed by atoms with van der Waals surface area (Å²) in [5, 5.41) is 6.43. The zero-order valence-corrected chi connectivity index (χ0v) is 9.71. The van der Waals surface area contributed by atoms with Gasteiger partial charge in [0.1, 0.15) is 5.01 Å². The molecule has 0 fully saturated rings. The molecule has 1 N–H and O–H groups in total. The van der Waals surface area contributed by atoms with E-state index in [0.717, 1.165) is 29.7 Å². The molecule has 0 bridgehead atoms. The molecule has 80 valence electrons. The lowest BCUT2D eigenvalue weighted by molar-refractivity contribution is 0.763. The first-order valence-electron chi connectivity index (χ1n) is 4.95. The van der Waals surface area contributed by atoms with Crippen LogP contribution in [0.1, 0.15) is 17.6 Å². The maximum Gasteiger partial charge on any atom is 0.203 e. The van der Waals surface area contributed by atoms with Gasteiger partial charge in [-0.25, -0.2) is 9.97 Å². The molecule has 2 aromatic heterocycles. The van der Waals surface area contributed by atoms with Gasteiger partial charge in [0.05, 0.1) is 6.54 Å². The Balaban J connectivity index is 1.98. The zero-order valence-electron chi connectivity index (χ0n) is 8.90. The quantitative estimate of drug-likeness (QED) is 0.863. The zero-order chi connectivity index (χ0) is 10.7. The van der Waals surface area contributed by atoms with E-state index < -0.39 is 0 Å². The molecule has 2 rings (SSSR count). The van der Waals surface area contributed by atoms with Gasteiger partial charge in [0.25, 0.3) is 0 Å². The molecular weight excluding hydrogens is 208 g/mol. The first kappa shape index (κ1) is 10.2. The van der Waals surface area contributed by atoms with Crippen LogP contribution in [-0.4, -0.2) is 14.5 Å². The van der Waals surface area contributed by atoms with Gasteiger partial charge in [0, 0.05) is 30.0 Å². The van der Waals surface area contributed by atoms with Crippen LogP contribution in [0.4, 0.5) is 5.95 Å². The summed E-state index contributed by atoms with van der Waals surface area (Å²) in [6, 6.07) is 0. The first-order valence-corrected chi connectivity index (χ1v) is 5.83. The third-order valence-corrected chi connectivity index (χ3v) is 3.09. The summed E-state index contributed by atoms with van der Waals surface area (Å²) in [5.74, 6) is 0.908. The number of rotatable bonds is 4. The van der Waals surface area contributed by atoms with Gasteiger partial charge in [0.15, 0.2) is 0 Å². The van der Waals surface area contributed by atoms with Crippen molar-refractivity contribution in [1.82, 2.24) is 14.5 Å². The largest absolute Gasteiger partial charge is 0.349 e. The second kappa shape index (κ2) is 4.44. The monoisotopic (exact) mass is 222 g/mol. The molecule has 2 aromatic rings. The molecule has 0 aliphatic heterocycles. The lowest BCUT2D eigenvalue weighted by atomic mass is 10.6. The fourth-order valence-electron chi connectivity index (χ4n) is 1.37. The second-order valence-corrected chi connectivity index (χ2v) is 4.22. The number of nitrogens with zero attached hydrogens (tertiary/aromatic N) is 3. The minimum absolute atomic E-state index is 0.746. The van der Waals surface area contributed by atoms with Crippen LogP contribution in [0, 0.1) is 6.92 Å². The third-order valence-electron chi connectivity index (χ3n) is 2.12. The van der Waals surface area contributed by atoms with Gasteiger partial charge in [0.2, 0.25) is 5.95 Å². The highest BCUT2D eigenvalue weighted by Crippen LogP contribution is 2.11.